The van der Waals surface area contributed by atoms with Crippen LogP contribution in [0.15, 0.2) is 0 Å². The lowest BCUT2D eigenvalue weighted by Crippen LogP contribution is -2.27. The molecule has 1 heteroatoms. The molecule has 0 aromatic rings. The summed E-state index contributed by atoms with van der Waals surface area (Å²) >= 11 is 0. The molecule has 1 aliphatic heterocycles. The highest BCUT2D eigenvalue weighted by Crippen LogP contribution is 2.21. The van der Waals surface area contributed by atoms with Gasteiger partial charge in [-0.1, -0.05) is 20.3 Å². The highest BCUT2D eigenvalue weighted by molar-refractivity contribution is 4.85. The molecule has 0 unspecified atom stereocenters. The lowest BCUT2D eigenvalue weighted by atomic mass is 10.0. The van der Waals surface area contributed by atoms with Crippen molar-refractivity contribution in [3.8, 4) is 0 Å². The third-order valence-electron chi connectivity index (χ3n) is 2.65. The molecule has 0 saturated carbocycles. The Morgan fingerprint density at radius 2 is 2.10 bits per heavy atom. The summed E-state index contributed by atoms with van der Waals surface area (Å²) in [5.74, 6) is 0.886. The van der Waals surface area contributed by atoms with Crippen molar-refractivity contribution in [2.75, 3.05) is 0 Å². The van der Waals surface area contributed by atoms with E-state index in [1.807, 2.05) is 0 Å². The van der Waals surface area contributed by atoms with Gasteiger partial charge in [0.1, 0.15) is 0 Å². The van der Waals surface area contributed by atoms with Gasteiger partial charge in [-0.3, -0.25) is 0 Å². The predicted octanol–water partition coefficient (Wildman–Crippen LogP) is 2.17. The summed E-state index contributed by atoms with van der Waals surface area (Å²) in [5.41, 5.74) is 0. The molecule has 0 aromatic carbocycles. The van der Waals surface area contributed by atoms with Crippen molar-refractivity contribution in [1.29, 1.82) is 0 Å². The van der Waals surface area contributed by atoms with Gasteiger partial charge < -0.3 is 5.32 Å². The molecule has 0 spiro atoms. The summed E-state index contributed by atoms with van der Waals surface area (Å²) in [7, 11) is 0. The van der Waals surface area contributed by atoms with Crippen molar-refractivity contribution >= 4 is 0 Å². The first-order valence-corrected chi connectivity index (χ1v) is 4.50. The third kappa shape index (κ3) is 1.72. The normalized spacial score (nSPS) is 40.5. The van der Waals surface area contributed by atoms with Gasteiger partial charge in [0.05, 0.1) is 0 Å². The monoisotopic (exact) mass is 141 g/mol. The van der Waals surface area contributed by atoms with Gasteiger partial charge in [-0.05, 0) is 25.7 Å². The Morgan fingerprint density at radius 3 is 2.50 bits per heavy atom. The van der Waals surface area contributed by atoms with E-state index >= 15 is 0 Å². The lowest BCUT2D eigenvalue weighted by Gasteiger charge is -2.09. The van der Waals surface area contributed by atoms with E-state index in [1.54, 1.807) is 0 Å². The van der Waals surface area contributed by atoms with Crippen LogP contribution in [0.1, 0.15) is 40.0 Å². The molecule has 1 rings (SSSR count). The molecule has 0 aliphatic carbocycles. The van der Waals surface area contributed by atoms with E-state index in [9.17, 15) is 0 Å². The van der Waals surface area contributed by atoms with Crippen LogP contribution in [0.4, 0.5) is 0 Å². The Labute approximate surface area is 64.2 Å². The van der Waals surface area contributed by atoms with Crippen molar-refractivity contribution in [2.24, 2.45) is 5.92 Å². The predicted molar refractivity (Wildman–Crippen MR) is 45.1 cm³/mol. The fraction of sp³-hybridized carbons (Fsp3) is 1.00. The molecule has 0 radical (unpaired) electrons. The summed E-state index contributed by atoms with van der Waals surface area (Å²) < 4.78 is 0. The number of rotatable bonds is 2. The Hall–Kier alpha value is -0.0400. The molecule has 0 aromatic heterocycles. The molecule has 0 amide bonds. The van der Waals surface area contributed by atoms with Gasteiger partial charge in [0.15, 0.2) is 0 Å². The van der Waals surface area contributed by atoms with E-state index in [1.165, 1.54) is 19.3 Å². The van der Waals surface area contributed by atoms with Crippen molar-refractivity contribution < 1.29 is 0 Å². The molecule has 60 valence electrons. The highest BCUT2D eigenvalue weighted by atomic mass is 15.0. The van der Waals surface area contributed by atoms with Gasteiger partial charge in [-0.2, -0.15) is 0 Å². The SMILES string of the molecule is CCC[C@@H]1C[C@@H](C)[C@H](C)N1. The van der Waals surface area contributed by atoms with E-state index in [-0.39, 0.29) is 0 Å². The number of hydrogen-bond donors (Lipinski definition) is 1. The molecule has 1 aliphatic rings. The number of hydrogen-bond acceptors (Lipinski definition) is 1. The molecule has 0 bridgehead atoms. The summed E-state index contributed by atoms with van der Waals surface area (Å²) in [6.45, 7) is 6.89. The zero-order valence-electron chi connectivity index (χ0n) is 7.35. The fourth-order valence-electron chi connectivity index (χ4n) is 1.81. The van der Waals surface area contributed by atoms with Gasteiger partial charge in [0, 0.05) is 12.1 Å². The van der Waals surface area contributed by atoms with Crippen molar-refractivity contribution in [3.05, 3.63) is 0 Å². The summed E-state index contributed by atoms with van der Waals surface area (Å²) in [5, 5.41) is 3.60. The molecular weight excluding hydrogens is 122 g/mol. The molecule has 10 heavy (non-hydrogen) atoms. The molecule has 1 fully saturated rings. The lowest BCUT2D eigenvalue weighted by molar-refractivity contribution is 0.510. The van der Waals surface area contributed by atoms with Crippen molar-refractivity contribution in [1.82, 2.24) is 5.32 Å². The van der Waals surface area contributed by atoms with Crippen LogP contribution in [0, 0.1) is 5.92 Å². The van der Waals surface area contributed by atoms with Crippen molar-refractivity contribution in [2.45, 2.75) is 52.1 Å². The van der Waals surface area contributed by atoms with Crippen LogP contribution in [0.2, 0.25) is 0 Å². The van der Waals surface area contributed by atoms with Gasteiger partial charge in [-0.15, -0.1) is 0 Å². The summed E-state index contributed by atoms with van der Waals surface area (Å²) in [6, 6.07) is 1.56. The molecule has 1 heterocycles. The Bertz CT molecular complexity index is 90.9. The van der Waals surface area contributed by atoms with E-state index in [4.69, 9.17) is 0 Å². The number of nitrogens with one attached hydrogen (secondary N) is 1. The zero-order chi connectivity index (χ0) is 7.56. The first-order chi connectivity index (χ1) is 4.74. The highest BCUT2D eigenvalue weighted by Gasteiger charge is 2.25. The van der Waals surface area contributed by atoms with Crippen LogP contribution in [0.5, 0.6) is 0 Å². The van der Waals surface area contributed by atoms with E-state index in [2.05, 4.69) is 26.1 Å². The Balaban J connectivity index is 2.27. The average molecular weight is 141 g/mol. The fourth-order valence-corrected chi connectivity index (χ4v) is 1.81. The average Bonchev–Trinajstić information content (AvgIpc) is 2.14. The van der Waals surface area contributed by atoms with Crippen LogP contribution < -0.4 is 5.32 Å². The van der Waals surface area contributed by atoms with Crippen LogP contribution >= 0.6 is 0 Å². The van der Waals surface area contributed by atoms with E-state index < -0.39 is 0 Å². The second-order valence-electron chi connectivity index (χ2n) is 3.65. The van der Waals surface area contributed by atoms with Gasteiger partial charge in [-0.25, -0.2) is 0 Å². The van der Waals surface area contributed by atoms with Gasteiger partial charge >= 0.3 is 0 Å². The minimum Gasteiger partial charge on any atom is -0.311 e. The summed E-state index contributed by atoms with van der Waals surface area (Å²) in [6.07, 6.45) is 4.06. The molecule has 1 saturated heterocycles. The van der Waals surface area contributed by atoms with Crippen LogP contribution in [0.3, 0.4) is 0 Å². The van der Waals surface area contributed by atoms with Crippen molar-refractivity contribution in [3.63, 3.8) is 0 Å². The maximum Gasteiger partial charge on any atom is 0.00726 e. The largest absolute Gasteiger partial charge is 0.311 e. The Morgan fingerprint density at radius 1 is 1.40 bits per heavy atom. The van der Waals surface area contributed by atoms with E-state index in [0.29, 0.717) is 0 Å². The van der Waals surface area contributed by atoms with Gasteiger partial charge in [0.2, 0.25) is 0 Å². The van der Waals surface area contributed by atoms with Crippen LogP contribution in [-0.2, 0) is 0 Å². The molecular formula is C9H19N. The topological polar surface area (TPSA) is 12.0 Å². The molecule has 1 nitrogen and oxygen atoms in total. The third-order valence-corrected chi connectivity index (χ3v) is 2.65. The zero-order valence-corrected chi connectivity index (χ0v) is 7.35. The summed E-state index contributed by atoms with van der Waals surface area (Å²) in [4.78, 5) is 0. The van der Waals surface area contributed by atoms with E-state index in [0.717, 1.165) is 18.0 Å². The van der Waals surface area contributed by atoms with Gasteiger partial charge in [0.25, 0.3) is 0 Å². The minimum atomic E-state index is 0.747. The van der Waals surface area contributed by atoms with Crippen LogP contribution in [-0.4, -0.2) is 12.1 Å². The smallest absolute Gasteiger partial charge is 0.00726 e. The van der Waals surface area contributed by atoms with Crippen LogP contribution in [0.25, 0.3) is 0 Å². The maximum absolute atomic E-state index is 3.60. The quantitative estimate of drug-likeness (QED) is 0.621. The Kier molecular flexibility index (Phi) is 2.72. The minimum absolute atomic E-state index is 0.747. The standard InChI is InChI=1S/C9H19N/c1-4-5-9-6-7(2)8(3)10-9/h7-10H,4-6H2,1-3H3/t7-,8+,9-/m1/s1. The maximum atomic E-state index is 3.60. The first-order valence-electron chi connectivity index (χ1n) is 4.50. The molecule has 3 atom stereocenters. The molecule has 1 N–H and O–H groups in total. The second kappa shape index (κ2) is 3.38. The first kappa shape index (κ1) is 8.06. The second-order valence-corrected chi connectivity index (χ2v) is 3.65.